The number of halogens is 1. The van der Waals surface area contributed by atoms with Crippen molar-refractivity contribution in [2.45, 2.75) is 30.7 Å². The second-order valence-corrected chi connectivity index (χ2v) is 9.33. The van der Waals surface area contributed by atoms with E-state index in [0.717, 1.165) is 30.9 Å². The van der Waals surface area contributed by atoms with Gasteiger partial charge in [0.1, 0.15) is 18.1 Å². The lowest BCUT2D eigenvalue weighted by atomic mass is 10.0. The van der Waals surface area contributed by atoms with E-state index in [0.29, 0.717) is 38.5 Å². The summed E-state index contributed by atoms with van der Waals surface area (Å²) in [7, 11) is -3.67. The molecule has 2 aliphatic rings. The molecule has 1 fully saturated rings. The van der Waals surface area contributed by atoms with E-state index in [1.54, 1.807) is 0 Å². The quantitative estimate of drug-likeness (QED) is 0.821. The van der Waals surface area contributed by atoms with Crippen molar-refractivity contribution >= 4 is 10.0 Å². The summed E-state index contributed by atoms with van der Waals surface area (Å²) >= 11 is 0. The molecule has 0 aromatic heterocycles. The van der Waals surface area contributed by atoms with E-state index in [2.05, 4.69) is 6.07 Å². The normalized spacial score (nSPS) is 18.6. The van der Waals surface area contributed by atoms with Crippen LogP contribution < -0.4 is 4.90 Å². The first-order chi connectivity index (χ1) is 12.9. The minimum atomic E-state index is -3.67. The predicted molar refractivity (Wildman–Crippen MR) is 99.7 cm³/mol. The van der Waals surface area contributed by atoms with Gasteiger partial charge < -0.3 is 10.0 Å². The highest BCUT2D eigenvalue weighted by molar-refractivity contribution is 7.89. The maximum Gasteiger partial charge on any atom is 0.243 e. The predicted octanol–water partition coefficient (Wildman–Crippen LogP) is 1.11. The lowest BCUT2D eigenvalue weighted by Crippen LogP contribution is -3.13. The number of fused-ring (bicyclic) bond motifs is 1. The molecular formula is C20H24FN2O3S+. The van der Waals surface area contributed by atoms with Crippen LogP contribution in [0.1, 0.15) is 23.1 Å². The van der Waals surface area contributed by atoms with Crippen LogP contribution in [-0.4, -0.2) is 44.0 Å². The van der Waals surface area contributed by atoms with Crippen LogP contribution in [0.3, 0.4) is 0 Å². The zero-order chi connectivity index (χ0) is 19.0. The Morgan fingerprint density at radius 2 is 1.78 bits per heavy atom. The van der Waals surface area contributed by atoms with Gasteiger partial charge in [0, 0.05) is 5.56 Å². The Balaban J connectivity index is 1.42. The summed E-state index contributed by atoms with van der Waals surface area (Å²) in [6.45, 7) is 2.78. The number of hydrogen-bond acceptors (Lipinski definition) is 3. The fraction of sp³-hybridized carbons (Fsp3) is 0.400. The highest BCUT2D eigenvalue weighted by Gasteiger charge is 2.31. The molecule has 0 atom stereocenters. The first-order valence-corrected chi connectivity index (χ1v) is 10.8. The van der Waals surface area contributed by atoms with Crippen molar-refractivity contribution in [1.29, 1.82) is 0 Å². The van der Waals surface area contributed by atoms with Crippen molar-refractivity contribution in [3.05, 3.63) is 58.9 Å². The van der Waals surface area contributed by atoms with Crippen LogP contribution in [-0.2, 0) is 29.4 Å². The largest absolute Gasteiger partial charge is 0.507 e. The number of rotatable bonds is 4. The molecule has 1 aliphatic heterocycles. The molecule has 0 radical (unpaired) electrons. The van der Waals surface area contributed by atoms with Crippen LogP contribution in [0, 0.1) is 5.82 Å². The number of benzene rings is 2. The van der Waals surface area contributed by atoms with Crippen molar-refractivity contribution in [2.75, 3.05) is 26.2 Å². The maximum atomic E-state index is 13.4. The Kier molecular flexibility index (Phi) is 4.92. The number of phenols is 1. The van der Waals surface area contributed by atoms with E-state index in [-0.39, 0.29) is 4.90 Å². The van der Waals surface area contributed by atoms with Crippen LogP contribution in [0.15, 0.2) is 41.3 Å². The molecule has 7 heteroatoms. The molecule has 2 aromatic carbocycles. The number of hydrogen-bond donors (Lipinski definition) is 2. The number of quaternary nitrogens is 1. The summed E-state index contributed by atoms with van der Waals surface area (Å²) in [6, 6.07) is 9.16. The average molecular weight is 391 g/mol. The Bertz CT molecular complexity index is 954. The number of nitrogens with zero attached hydrogens (tertiary/aromatic N) is 1. The fourth-order valence-electron chi connectivity index (χ4n) is 4.07. The minimum Gasteiger partial charge on any atom is -0.507 e. The van der Waals surface area contributed by atoms with Crippen molar-refractivity contribution in [3.8, 4) is 5.75 Å². The van der Waals surface area contributed by atoms with Gasteiger partial charge in [-0.25, -0.2) is 12.8 Å². The monoisotopic (exact) mass is 391 g/mol. The first-order valence-electron chi connectivity index (χ1n) is 9.36. The van der Waals surface area contributed by atoms with Gasteiger partial charge in [-0.1, -0.05) is 6.07 Å². The van der Waals surface area contributed by atoms with E-state index >= 15 is 0 Å². The molecule has 1 heterocycles. The van der Waals surface area contributed by atoms with Crippen LogP contribution in [0.25, 0.3) is 0 Å². The SMILES string of the molecule is O=S(=O)(c1cccc(F)c1)N1CC[NH+](Cc2cc3c(cc2O)CCC3)CC1. The number of nitrogens with one attached hydrogen (secondary N) is 1. The van der Waals surface area contributed by atoms with Gasteiger partial charge in [0.25, 0.3) is 0 Å². The third kappa shape index (κ3) is 3.72. The molecule has 0 unspecified atom stereocenters. The lowest BCUT2D eigenvalue weighted by Gasteiger charge is -2.31. The van der Waals surface area contributed by atoms with Crippen molar-refractivity contribution < 1.29 is 22.8 Å². The second-order valence-electron chi connectivity index (χ2n) is 7.39. The summed E-state index contributed by atoms with van der Waals surface area (Å²) in [6.07, 6.45) is 3.24. The van der Waals surface area contributed by atoms with Crippen molar-refractivity contribution in [3.63, 3.8) is 0 Å². The number of piperazine rings is 1. The van der Waals surface area contributed by atoms with Crippen LogP contribution in [0.4, 0.5) is 4.39 Å². The molecular weight excluding hydrogens is 367 g/mol. The number of sulfonamides is 1. The van der Waals surface area contributed by atoms with Crippen LogP contribution in [0.5, 0.6) is 5.75 Å². The molecule has 0 spiro atoms. The smallest absolute Gasteiger partial charge is 0.243 e. The average Bonchev–Trinajstić information content (AvgIpc) is 3.09. The van der Waals surface area contributed by atoms with Gasteiger partial charge in [-0.15, -0.1) is 0 Å². The van der Waals surface area contributed by atoms with E-state index in [4.69, 9.17) is 0 Å². The molecule has 2 N–H and O–H groups in total. The van der Waals surface area contributed by atoms with Crippen LogP contribution >= 0.6 is 0 Å². The fourth-order valence-corrected chi connectivity index (χ4v) is 5.54. The molecule has 144 valence electrons. The first kappa shape index (κ1) is 18.4. The molecule has 2 aromatic rings. The molecule has 5 nitrogen and oxygen atoms in total. The number of phenolic OH excluding ortho intramolecular Hbond substituents is 1. The van der Waals surface area contributed by atoms with Gasteiger partial charge in [-0.3, -0.25) is 0 Å². The minimum absolute atomic E-state index is 0.00205. The van der Waals surface area contributed by atoms with Crippen LogP contribution in [0.2, 0.25) is 0 Å². The zero-order valence-corrected chi connectivity index (χ0v) is 15.9. The molecule has 4 rings (SSSR count). The summed E-state index contributed by atoms with van der Waals surface area (Å²) in [5, 5.41) is 10.3. The van der Waals surface area contributed by atoms with Crippen molar-refractivity contribution in [1.82, 2.24) is 4.31 Å². The molecule has 1 saturated heterocycles. The standard InChI is InChI=1S/C20H23FN2O3S/c21-18-5-2-6-19(13-18)27(25,26)23-9-7-22(8-10-23)14-17-11-15-3-1-4-16(15)12-20(17)24/h2,5-6,11-13,24H,1,3-4,7-10,14H2/p+1. The molecule has 0 saturated carbocycles. The number of aryl methyl sites for hydroxylation is 2. The Morgan fingerprint density at radius 1 is 1.07 bits per heavy atom. The highest BCUT2D eigenvalue weighted by Crippen LogP contribution is 2.28. The summed E-state index contributed by atoms with van der Waals surface area (Å²) in [5.74, 6) is -0.203. The lowest BCUT2D eigenvalue weighted by molar-refractivity contribution is -0.917. The summed E-state index contributed by atoms with van der Waals surface area (Å²) < 4.78 is 40.2. The van der Waals surface area contributed by atoms with Gasteiger partial charge >= 0.3 is 0 Å². The topological polar surface area (TPSA) is 62.0 Å². The highest BCUT2D eigenvalue weighted by atomic mass is 32.2. The third-order valence-electron chi connectivity index (χ3n) is 5.60. The van der Waals surface area contributed by atoms with E-state index in [1.165, 1.54) is 38.5 Å². The van der Waals surface area contributed by atoms with Gasteiger partial charge in [0.2, 0.25) is 10.0 Å². The Hall–Kier alpha value is -1.96. The number of aromatic hydroxyl groups is 1. The zero-order valence-electron chi connectivity index (χ0n) is 15.1. The van der Waals surface area contributed by atoms with E-state index in [9.17, 15) is 17.9 Å². The maximum absolute atomic E-state index is 13.4. The molecule has 0 amide bonds. The Labute approximate surface area is 159 Å². The molecule has 1 aliphatic carbocycles. The Morgan fingerprint density at radius 3 is 2.48 bits per heavy atom. The second kappa shape index (κ2) is 7.22. The summed E-state index contributed by atoms with van der Waals surface area (Å²) in [4.78, 5) is 1.25. The van der Waals surface area contributed by atoms with E-state index < -0.39 is 15.8 Å². The van der Waals surface area contributed by atoms with E-state index in [1.807, 2.05) is 6.07 Å². The third-order valence-corrected chi connectivity index (χ3v) is 7.49. The van der Waals surface area contributed by atoms with Gasteiger partial charge in [-0.2, -0.15) is 4.31 Å². The van der Waals surface area contributed by atoms with Crippen molar-refractivity contribution in [2.24, 2.45) is 0 Å². The summed E-state index contributed by atoms with van der Waals surface area (Å²) in [5.41, 5.74) is 3.51. The van der Waals surface area contributed by atoms with Gasteiger partial charge in [0.05, 0.1) is 31.1 Å². The van der Waals surface area contributed by atoms with Gasteiger partial charge in [-0.05, 0) is 60.7 Å². The molecule has 27 heavy (non-hydrogen) atoms. The van der Waals surface area contributed by atoms with Gasteiger partial charge in [0.15, 0.2) is 0 Å². The molecule has 0 bridgehead atoms.